The molecule has 0 aliphatic carbocycles. The van der Waals surface area contributed by atoms with Crippen molar-refractivity contribution >= 4 is 25.3 Å². The smallest absolute Gasteiger partial charge is 0.207 e. The normalized spacial score (nSPS) is 12.0. The topological polar surface area (TPSA) is 80.9 Å². The van der Waals surface area contributed by atoms with Gasteiger partial charge in [-0.3, -0.25) is 0 Å². The van der Waals surface area contributed by atoms with Crippen LogP contribution in [0, 0.1) is 0 Å². The van der Waals surface area contributed by atoms with E-state index in [0.717, 1.165) is 13.8 Å². The number of hydrogen-bond donors (Lipinski definition) is 6. The zero-order valence-electron chi connectivity index (χ0n) is 5.68. The highest BCUT2D eigenvalue weighted by Gasteiger charge is 2.02. The summed E-state index contributed by atoms with van der Waals surface area (Å²) in [5.41, 5.74) is 0. The molecule has 0 unspecified atom stereocenters. The summed E-state index contributed by atoms with van der Waals surface area (Å²) < 4.78 is 0. The predicted octanol–water partition coefficient (Wildman–Crippen LogP) is -0.851. The molecule has 64 valence electrons. The minimum atomic E-state index is -1.81. The SMILES string of the molecule is CC(O)(O)S.CC(O)(O)S. The van der Waals surface area contributed by atoms with Crippen LogP contribution in [0.15, 0.2) is 0 Å². The van der Waals surface area contributed by atoms with E-state index in [1.165, 1.54) is 0 Å². The second-order valence-corrected chi connectivity index (χ2v) is 3.64. The first-order chi connectivity index (χ1) is 4.00. The number of thiol groups is 2. The lowest BCUT2D eigenvalue weighted by molar-refractivity contribution is -0.0576. The largest absolute Gasteiger partial charge is 0.358 e. The molecule has 0 atom stereocenters. The fraction of sp³-hybridized carbons (Fsp3) is 1.00. The van der Waals surface area contributed by atoms with Crippen molar-refractivity contribution in [3.05, 3.63) is 0 Å². The highest BCUT2D eigenvalue weighted by atomic mass is 32.1. The van der Waals surface area contributed by atoms with Gasteiger partial charge >= 0.3 is 0 Å². The summed E-state index contributed by atoms with van der Waals surface area (Å²) in [6.07, 6.45) is 0. The second-order valence-electron chi connectivity index (χ2n) is 1.94. The van der Waals surface area contributed by atoms with E-state index in [1.807, 2.05) is 0 Å². The van der Waals surface area contributed by atoms with Crippen LogP contribution < -0.4 is 0 Å². The molecule has 0 aliphatic heterocycles. The quantitative estimate of drug-likeness (QED) is 0.221. The molecule has 0 aromatic rings. The summed E-state index contributed by atoms with van der Waals surface area (Å²) in [7, 11) is 0. The minimum absolute atomic E-state index is 1.16. The fourth-order valence-corrected chi connectivity index (χ4v) is 0. The van der Waals surface area contributed by atoms with Crippen LogP contribution in [0.3, 0.4) is 0 Å². The molecule has 0 aliphatic rings. The molecule has 0 heterocycles. The summed E-state index contributed by atoms with van der Waals surface area (Å²) in [4.78, 5) is 0. The number of hydrogen-bond acceptors (Lipinski definition) is 6. The minimum Gasteiger partial charge on any atom is -0.358 e. The van der Waals surface area contributed by atoms with Gasteiger partial charge in [-0.2, -0.15) is 0 Å². The average Bonchev–Trinajstić information content (AvgIpc) is 1.12. The van der Waals surface area contributed by atoms with E-state index in [1.54, 1.807) is 0 Å². The van der Waals surface area contributed by atoms with Gasteiger partial charge in [0, 0.05) is 0 Å². The van der Waals surface area contributed by atoms with Crippen LogP contribution in [0.5, 0.6) is 0 Å². The van der Waals surface area contributed by atoms with Gasteiger partial charge in [0.15, 0.2) is 0 Å². The van der Waals surface area contributed by atoms with Crippen molar-refractivity contribution in [1.82, 2.24) is 0 Å². The molecule has 0 aromatic carbocycles. The maximum Gasteiger partial charge on any atom is 0.207 e. The lowest BCUT2D eigenvalue weighted by atomic mass is 10.8. The average molecular weight is 188 g/mol. The number of rotatable bonds is 0. The van der Waals surface area contributed by atoms with Crippen molar-refractivity contribution in [3.8, 4) is 0 Å². The molecule has 0 radical (unpaired) electrons. The molecular weight excluding hydrogens is 176 g/mol. The predicted molar refractivity (Wildman–Crippen MR) is 43.7 cm³/mol. The van der Waals surface area contributed by atoms with E-state index >= 15 is 0 Å². The van der Waals surface area contributed by atoms with Crippen molar-refractivity contribution in [2.45, 2.75) is 24.1 Å². The van der Waals surface area contributed by atoms with Crippen LogP contribution in [0.25, 0.3) is 0 Å². The van der Waals surface area contributed by atoms with Gasteiger partial charge in [-0.15, -0.1) is 25.3 Å². The Hall–Kier alpha value is 0.540. The molecule has 0 aromatic heterocycles. The first-order valence-corrected chi connectivity index (χ1v) is 3.24. The molecule has 0 spiro atoms. The maximum absolute atomic E-state index is 7.94. The highest BCUT2D eigenvalue weighted by Crippen LogP contribution is 1.98. The van der Waals surface area contributed by atoms with Crippen LogP contribution in [-0.4, -0.2) is 30.7 Å². The first kappa shape index (κ1) is 13.2. The second kappa shape index (κ2) is 4.42. The van der Waals surface area contributed by atoms with Crippen molar-refractivity contribution in [1.29, 1.82) is 0 Å². The van der Waals surface area contributed by atoms with E-state index in [2.05, 4.69) is 25.3 Å². The van der Waals surface area contributed by atoms with Crippen molar-refractivity contribution < 1.29 is 20.4 Å². The summed E-state index contributed by atoms with van der Waals surface area (Å²) in [6.45, 7) is 2.33. The van der Waals surface area contributed by atoms with Gasteiger partial charge in [-0.25, -0.2) is 0 Å². The van der Waals surface area contributed by atoms with Crippen molar-refractivity contribution in [2.75, 3.05) is 0 Å². The maximum atomic E-state index is 7.94. The molecule has 0 fully saturated rings. The van der Waals surface area contributed by atoms with Gasteiger partial charge in [-0.05, 0) is 13.8 Å². The van der Waals surface area contributed by atoms with Crippen molar-refractivity contribution in [3.63, 3.8) is 0 Å². The zero-order chi connectivity index (χ0) is 9.00. The zero-order valence-corrected chi connectivity index (χ0v) is 7.47. The lowest BCUT2D eigenvalue weighted by Gasteiger charge is -2.02. The van der Waals surface area contributed by atoms with Crippen molar-refractivity contribution in [2.24, 2.45) is 0 Å². The molecular formula is C4H12O4S2. The van der Waals surface area contributed by atoms with Crippen LogP contribution in [-0.2, 0) is 0 Å². The Morgan fingerprint density at radius 1 is 0.800 bits per heavy atom. The van der Waals surface area contributed by atoms with E-state index < -0.39 is 10.2 Å². The number of aliphatic hydroxyl groups is 4. The molecule has 0 saturated carbocycles. The summed E-state index contributed by atoms with van der Waals surface area (Å²) in [5, 5.41) is 28.2. The van der Waals surface area contributed by atoms with Crippen LogP contribution in [0.2, 0.25) is 0 Å². The third-order valence-electron chi connectivity index (χ3n) is 0. The van der Waals surface area contributed by atoms with E-state index in [9.17, 15) is 0 Å². The fourth-order valence-electron chi connectivity index (χ4n) is 0. The molecule has 10 heavy (non-hydrogen) atoms. The van der Waals surface area contributed by atoms with E-state index in [4.69, 9.17) is 20.4 Å². The first-order valence-electron chi connectivity index (χ1n) is 2.34. The van der Waals surface area contributed by atoms with E-state index in [-0.39, 0.29) is 0 Å². The monoisotopic (exact) mass is 188 g/mol. The standard InChI is InChI=1S/2C2H6O2S/c2*1-2(3,4)5/h2*3-5H,1H3. The van der Waals surface area contributed by atoms with Crippen LogP contribution in [0.4, 0.5) is 0 Å². The van der Waals surface area contributed by atoms with Gasteiger partial charge in [-0.1, -0.05) is 0 Å². The van der Waals surface area contributed by atoms with Gasteiger partial charge in [0.2, 0.25) is 10.2 Å². The third-order valence-corrected chi connectivity index (χ3v) is 0. The highest BCUT2D eigenvalue weighted by molar-refractivity contribution is 7.81. The Kier molecular flexibility index (Phi) is 5.82. The summed E-state index contributed by atoms with van der Waals surface area (Å²) in [5.74, 6) is 0. The molecule has 0 saturated heterocycles. The van der Waals surface area contributed by atoms with Crippen LogP contribution in [0.1, 0.15) is 13.8 Å². The van der Waals surface area contributed by atoms with E-state index in [0.29, 0.717) is 0 Å². The Morgan fingerprint density at radius 3 is 0.800 bits per heavy atom. The van der Waals surface area contributed by atoms with Gasteiger partial charge < -0.3 is 20.4 Å². The lowest BCUT2D eigenvalue weighted by Crippen LogP contribution is -2.11. The molecule has 4 nitrogen and oxygen atoms in total. The molecule has 4 N–H and O–H groups in total. The third kappa shape index (κ3) is 1660. The van der Waals surface area contributed by atoms with Gasteiger partial charge in [0.1, 0.15) is 0 Å². The molecule has 6 heteroatoms. The summed E-state index contributed by atoms with van der Waals surface area (Å²) >= 11 is 6.47. The molecule has 0 rings (SSSR count). The van der Waals surface area contributed by atoms with Gasteiger partial charge in [0.05, 0.1) is 0 Å². The summed E-state index contributed by atoms with van der Waals surface area (Å²) in [6, 6.07) is 0. The Morgan fingerprint density at radius 2 is 0.800 bits per heavy atom. The Balaban J connectivity index is 0. The molecule has 0 bridgehead atoms. The van der Waals surface area contributed by atoms with Gasteiger partial charge in [0.25, 0.3) is 0 Å². The Labute approximate surface area is 70.3 Å². The Bertz CT molecular complexity index is 58.2. The van der Waals surface area contributed by atoms with Crippen LogP contribution >= 0.6 is 25.3 Å². The molecule has 0 amide bonds.